The second-order valence-electron chi connectivity index (χ2n) is 5.28. The molecule has 0 radical (unpaired) electrons. The third-order valence-electron chi connectivity index (χ3n) is 3.31. The van der Waals surface area contributed by atoms with Gasteiger partial charge in [0, 0.05) is 24.8 Å². The van der Waals surface area contributed by atoms with Gasteiger partial charge in [0.1, 0.15) is 6.61 Å². The Hall–Kier alpha value is -2.56. The second kappa shape index (κ2) is 8.78. The smallest absolute Gasteiger partial charge is 0.407 e. The van der Waals surface area contributed by atoms with Gasteiger partial charge in [0.05, 0.1) is 5.69 Å². The molecule has 0 unspecified atom stereocenters. The summed E-state index contributed by atoms with van der Waals surface area (Å²) in [6, 6.07) is 9.60. The van der Waals surface area contributed by atoms with Gasteiger partial charge in [0.15, 0.2) is 0 Å². The summed E-state index contributed by atoms with van der Waals surface area (Å²) in [5.41, 5.74) is 3.02. The van der Waals surface area contributed by atoms with Gasteiger partial charge in [0.25, 0.3) is 0 Å². The van der Waals surface area contributed by atoms with Crippen molar-refractivity contribution in [2.75, 3.05) is 6.54 Å². The molecule has 1 amide bonds. The Kier molecular flexibility index (Phi) is 6.41. The van der Waals surface area contributed by atoms with Crippen molar-refractivity contribution < 1.29 is 9.53 Å². The van der Waals surface area contributed by atoms with E-state index < -0.39 is 6.09 Å². The first-order valence-electron chi connectivity index (χ1n) is 7.84. The first-order chi connectivity index (χ1) is 11.2. The van der Waals surface area contributed by atoms with E-state index in [0.29, 0.717) is 6.54 Å². The summed E-state index contributed by atoms with van der Waals surface area (Å²) in [5.74, 6) is 0. The van der Waals surface area contributed by atoms with Gasteiger partial charge in [-0.05, 0) is 18.9 Å². The molecular weight excluding hydrogens is 290 g/mol. The predicted molar refractivity (Wildman–Crippen MR) is 90.9 cm³/mol. The van der Waals surface area contributed by atoms with Crippen molar-refractivity contribution in [2.24, 2.45) is 0 Å². The summed E-state index contributed by atoms with van der Waals surface area (Å²) >= 11 is 0. The zero-order valence-electron chi connectivity index (χ0n) is 13.7. The highest BCUT2D eigenvalue weighted by atomic mass is 16.5. The summed E-state index contributed by atoms with van der Waals surface area (Å²) in [6.45, 7) is 5.72. The molecule has 1 N–H and O–H groups in total. The number of hydrogen-bond donors (Lipinski definition) is 1. The number of ether oxygens (including phenoxy) is 1. The van der Waals surface area contributed by atoms with E-state index in [1.54, 1.807) is 0 Å². The van der Waals surface area contributed by atoms with Crippen LogP contribution in [-0.2, 0) is 17.9 Å². The van der Waals surface area contributed by atoms with Crippen LogP contribution in [0, 0.1) is 6.92 Å². The number of nitrogens with one attached hydrogen (secondary N) is 1. The van der Waals surface area contributed by atoms with Crippen LogP contribution in [0.25, 0.3) is 6.08 Å². The molecule has 1 aromatic carbocycles. The van der Waals surface area contributed by atoms with Crippen LogP contribution in [0.5, 0.6) is 0 Å². The number of nitrogens with zero attached hydrogens (tertiary/aromatic N) is 2. The van der Waals surface area contributed by atoms with Crippen LogP contribution < -0.4 is 5.32 Å². The molecule has 0 aliphatic carbocycles. The minimum absolute atomic E-state index is 0.277. The van der Waals surface area contributed by atoms with Gasteiger partial charge in [-0.2, -0.15) is 5.10 Å². The van der Waals surface area contributed by atoms with Crippen LogP contribution >= 0.6 is 0 Å². The third-order valence-corrected chi connectivity index (χ3v) is 3.31. The summed E-state index contributed by atoms with van der Waals surface area (Å²) in [6.07, 6.45) is 6.51. The number of carbonyl (C=O) groups excluding carboxylic acids is 1. The van der Waals surface area contributed by atoms with Crippen molar-refractivity contribution in [3.05, 3.63) is 59.4 Å². The minimum atomic E-state index is -0.420. The molecule has 0 aliphatic rings. The van der Waals surface area contributed by atoms with Crippen LogP contribution in [0.3, 0.4) is 0 Å². The maximum absolute atomic E-state index is 11.6. The zero-order chi connectivity index (χ0) is 16.5. The van der Waals surface area contributed by atoms with Gasteiger partial charge in [-0.3, -0.25) is 4.68 Å². The molecule has 0 saturated carbocycles. The Labute approximate surface area is 137 Å². The molecule has 1 aromatic heterocycles. The molecule has 0 aliphatic heterocycles. The molecule has 2 rings (SSSR count). The quantitative estimate of drug-likeness (QED) is 0.850. The Morgan fingerprint density at radius 3 is 2.87 bits per heavy atom. The van der Waals surface area contributed by atoms with Crippen molar-refractivity contribution in [1.29, 1.82) is 0 Å². The lowest BCUT2D eigenvalue weighted by molar-refractivity contribution is 0.141. The fourth-order valence-electron chi connectivity index (χ4n) is 2.14. The molecule has 5 nitrogen and oxygen atoms in total. The van der Waals surface area contributed by atoms with Crippen molar-refractivity contribution >= 4 is 12.2 Å². The van der Waals surface area contributed by atoms with Gasteiger partial charge in [0.2, 0.25) is 0 Å². The van der Waals surface area contributed by atoms with E-state index in [1.807, 2.05) is 60.3 Å². The molecule has 2 aromatic rings. The summed E-state index contributed by atoms with van der Waals surface area (Å²) in [4.78, 5) is 11.6. The molecule has 0 fully saturated rings. The number of amides is 1. The lowest BCUT2D eigenvalue weighted by Crippen LogP contribution is -2.24. The Morgan fingerprint density at radius 1 is 1.35 bits per heavy atom. The standard InChI is InChI=1S/C18H23N3O2/c1-3-12-21-13-17(15(2)20-21)10-7-11-19-18(22)23-14-16-8-5-4-6-9-16/h4-10,13H,3,11-12,14H2,1-2H3,(H,19,22). The number of aromatic nitrogens is 2. The average Bonchev–Trinajstić information content (AvgIpc) is 2.91. The lowest BCUT2D eigenvalue weighted by Gasteiger charge is -2.05. The molecule has 122 valence electrons. The second-order valence-corrected chi connectivity index (χ2v) is 5.28. The first-order valence-corrected chi connectivity index (χ1v) is 7.84. The molecule has 0 bridgehead atoms. The van der Waals surface area contributed by atoms with Gasteiger partial charge >= 0.3 is 6.09 Å². The van der Waals surface area contributed by atoms with Gasteiger partial charge in [-0.25, -0.2) is 4.79 Å². The van der Waals surface area contributed by atoms with E-state index in [9.17, 15) is 4.79 Å². The monoisotopic (exact) mass is 313 g/mol. The van der Waals surface area contributed by atoms with E-state index in [4.69, 9.17) is 4.74 Å². The van der Waals surface area contributed by atoms with Crippen LogP contribution in [-0.4, -0.2) is 22.4 Å². The maximum Gasteiger partial charge on any atom is 0.407 e. The summed E-state index contributed by atoms with van der Waals surface area (Å²) < 4.78 is 7.08. The Balaban J connectivity index is 1.72. The number of hydrogen-bond acceptors (Lipinski definition) is 3. The van der Waals surface area contributed by atoms with Crippen LogP contribution in [0.15, 0.2) is 42.6 Å². The van der Waals surface area contributed by atoms with Crippen molar-refractivity contribution in [3.63, 3.8) is 0 Å². The van der Waals surface area contributed by atoms with E-state index in [0.717, 1.165) is 29.8 Å². The van der Waals surface area contributed by atoms with Gasteiger partial charge < -0.3 is 10.1 Å². The fraction of sp³-hybridized carbons (Fsp3) is 0.333. The normalized spacial score (nSPS) is 10.9. The lowest BCUT2D eigenvalue weighted by atomic mass is 10.2. The van der Waals surface area contributed by atoms with Crippen molar-refractivity contribution in [1.82, 2.24) is 15.1 Å². The van der Waals surface area contributed by atoms with Crippen LogP contribution in [0.1, 0.15) is 30.2 Å². The van der Waals surface area contributed by atoms with E-state index in [1.165, 1.54) is 0 Å². The van der Waals surface area contributed by atoms with Crippen molar-refractivity contribution in [3.8, 4) is 0 Å². The summed E-state index contributed by atoms with van der Waals surface area (Å²) in [7, 11) is 0. The minimum Gasteiger partial charge on any atom is -0.445 e. The van der Waals surface area contributed by atoms with Crippen LogP contribution in [0.4, 0.5) is 4.79 Å². The van der Waals surface area contributed by atoms with E-state index >= 15 is 0 Å². The number of benzene rings is 1. The topological polar surface area (TPSA) is 56.2 Å². The van der Waals surface area contributed by atoms with E-state index in [2.05, 4.69) is 17.3 Å². The number of rotatable bonds is 7. The van der Waals surface area contributed by atoms with E-state index in [-0.39, 0.29) is 6.61 Å². The highest BCUT2D eigenvalue weighted by Gasteiger charge is 2.02. The number of carbonyl (C=O) groups is 1. The maximum atomic E-state index is 11.6. The average molecular weight is 313 g/mol. The molecule has 1 heterocycles. The molecule has 0 atom stereocenters. The van der Waals surface area contributed by atoms with Gasteiger partial charge in [-0.15, -0.1) is 0 Å². The highest BCUT2D eigenvalue weighted by molar-refractivity contribution is 5.67. The fourth-order valence-corrected chi connectivity index (χ4v) is 2.14. The Bertz CT molecular complexity index is 648. The third kappa shape index (κ3) is 5.62. The molecule has 5 heteroatoms. The van der Waals surface area contributed by atoms with Gasteiger partial charge in [-0.1, -0.05) is 49.4 Å². The zero-order valence-corrected chi connectivity index (χ0v) is 13.7. The first kappa shape index (κ1) is 16.8. The molecule has 23 heavy (non-hydrogen) atoms. The summed E-state index contributed by atoms with van der Waals surface area (Å²) in [5, 5.41) is 7.13. The number of alkyl carbamates (subject to hydrolysis) is 1. The van der Waals surface area contributed by atoms with Crippen molar-refractivity contribution in [2.45, 2.75) is 33.4 Å². The largest absolute Gasteiger partial charge is 0.445 e. The molecule has 0 saturated heterocycles. The molecular formula is C18H23N3O2. The van der Waals surface area contributed by atoms with Crippen LogP contribution in [0.2, 0.25) is 0 Å². The Morgan fingerprint density at radius 2 is 2.13 bits per heavy atom. The SMILES string of the molecule is CCCn1cc(C=CCNC(=O)OCc2ccccc2)c(C)n1. The highest BCUT2D eigenvalue weighted by Crippen LogP contribution is 2.08. The molecule has 0 spiro atoms. The number of aryl methyl sites for hydroxylation is 2. The predicted octanol–water partition coefficient (Wildman–Crippen LogP) is 3.54.